The summed E-state index contributed by atoms with van der Waals surface area (Å²) in [5.41, 5.74) is 0.384. The van der Waals surface area contributed by atoms with E-state index in [1.807, 2.05) is 0 Å². The Hall–Kier alpha value is -1.67. The number of thiazole rings is 1. The van der Waals surface area contributed by atoms with Crippen molar-refractivity contribution >= 4 is 34.7 Å². The minimum Gasteiger partial charge on any atom is -0.306 e. The number of aromatic nitrogens is 2. The number of carbonyl (C=O) groups is 1. The summed E-state index contributed by atoms with van der Waals surface area (Å²) in [4.78, 5) is 19.2. The third-order valence-corrected chi connectivity index (χ3v) is 3.13. The molecule has 0 fully saturated rings. The maximum atomic E-state index is 12.6. The predicted molar refractivity (Wildman–Crippen MR) is 64.3 cm³/mol. The molecule has 0 bridgehead atoms. The lowest BCUT2D eigenvalue weighted by atomic mass is 10.2. The first-order valence-corrected chi connectivity index (χ1v) is 6.06. The SMILES string of the molecule is O=C(Nc1cc(C(F)(F)F)c(Cl)cn1)c1cncs1. The third-order valence-electron chi connectivity index (χ3n) is 2.06. The van der Waals surface area contributed by atoms with Crippen LogP contribution in [0.3, 0.4) is 0 Å². The highest BCUT2D eigenvalue weighted by Gasteiger charge is 2.33. The number of amides is 1. The summed E-state index contributed by atoms with van der Waals surface area (Å²) in [6.07, 6.45) is -2.46. The Balaban J connectivity index is 2.25. The van der Waals surface area contributed by atoms with Crippen molar-refractivity contribution in [2.75, 3.05) is 5.32 Å². The number of nitrogens with one attached hydrogen (secondary N) is 1. The van der Waals surface area contributed by atoms with Crippen LogP contribution < -0.4 is 5.32 Å². The van der Waals surface area contributed by atoms with Crippen molar-refractivity contribution in [3.8, 4) is 0 Å². The monoisotopic (exact) mass is 307 g/mol. The van der Waals surface area contributed by atoms with Crippen LogP contribution in [-0.2, 0) is 6.18 Å². The van der Waals surface area contributed by atoms with Crippen molar-refractivity contribution in [1.82, 2.24) is 9.97 Å². The molecule has 0 aliphatic carbocycles. The van der Waals surface area contributed by atoms with Gasteiger partial charge in [-0.1, -0.05) is 11.6 Å². The normalized spacial score (nSPS) is 11.4. The van der Waals surface area contributed by atoms with Gasteiger partial charge in [-0.3, -0.25) is 9.78 Å². The lowest BCUT2D eigenvalue weighted by Gasteiger charge is -2.10. The Labute approximate surface area is 114 Å². The van der Waals surface area contributed by atoms with E-state index >= 15 is 0 Å². The standard InChI is InChI=1S/C10H5ClF3N3OS/c11-6-2-16-8(1-5(6)10(12,13)14)17-9(18)7-3-15-4-19-7/h1-4H,(H,16,17,18). The molecule has 2 aromatic heterocycles. The smallest absolute Gasteiger partial charge is 0.306 e. The van der Waals surface area contributed by atoms with Crippen LogP contribution in [0, 0.1) is 0 Å². The summed E-state index contributed by atoms with van der Waals surface area (Å²) in [6, 6.07) is 0.682. The number of pyridine rings is 1. The van der Waals surface area contributed by atoms with Crippen LogP contribution in [0.1, 0.15) is 15.2 Å². The molecule has 0 aromatic carbocycles. The number of hydrogen-bond acceptors (Lipinski definition) is 4. The number of carbonyl (C=O) groups excluding carboxylic acids is 1. The second-order valence-corrected chi connectivity index (χ2v) is 4.66. The molecule has 1 N–H and O–H groups in total. The molecule has 0 aliphatic rings. The largest absolute Gasteiger partial charge is 0.418 e. The highest BCUT2D eigenvalue weighted by molar-refractivity contribution is 7.11. The molecule has 2 heterocycles. The first-order chi connectivity index (χ1) is 8.88. The zero-order valence-corrected chi connectivity index (χ0v) is 10.6. The van der Waals surface area contributed by atoms with Gasteiger partial charge in [0, 0.05) is 6.20 Å². The molecule has 19 heavy (non-hydrogen) atoms. The molecule has 0 aliphatic heterocycles. The van der Waals surface area contributed by atoms with Gasteiger partial charge >= 0.3 is 6.18 Å². The van der Waals surface area contributed by atoms with Crippen molar-refractivity contribution in [3.63, 3.8) is 0 Å². The fraction of sp³-hybridized carbons (Fsp3) is 0.100. The van der Waals surface area contributed by atoms with E-state index in [0.717, 1.165) is 17.5 Å². The van der Waals surface area contributed by atoms with Crippen LogP contribution >= 0.6 is 22.9 Å². The summed E-state index contributed by atoms with van der Waals surface area (Å²) in [5.74, 6) is -0.805. The Morgan fingerprint density at radius 3 is 2.68 bits per heavy atom. The van der Waals surface area contributed by atoms with Gasteiger partial charge < -0.3 is 5.32 Å². The molecule has 9 heteroatoms. The third kappa shape index (κ3) is 3.21. The van der Waals surface area contributed by atoms with Gasteiger partial charge in [0.25, 0.3) is 5.91 Å². The van der Waals surface area contributed by atoms with E-state index in [9.17, 15) is 18.0 Å². The van der Waals surface area contributed by atoms with Crippen molar-refractivity contribution in [2.45, 2.75) is 6.18 Å². The summed E-state index contributed by atoms with van der Waals surface area (Å²) < 4.78 is 37.8. The molecule has 4 nitrogen and oxygen atoms in total. The van der Waals surface area contributed by atoms with E-state index in [1.165, 1.54) is 11.7 Å². The van der Waals surface area contributed by atoms with Crippen molar-refractivity contribution < 1.29 is 18.0 Å². The van der Waals surface area contributed by atoms with Gasteiger partial charge in [-0.25, -0.2) is 4.98 Å². The summed E-state index contributed by atoms with van der Waals surface area (Å²) in [5, 5.41) is 1.72. The molecular formula is C10H5ClF3N3OS. The molecule has 0 atom stereocenters. The highest BCUT2D eigenvalue weighted by Crippen LogP contribution is 2.35. The van der Waals surface area contributed by atoms with Gasteiger partial charge in [-0.15, -0.1) is 11.3 Å². The molecule has 0 radical (unpaired) electrons. The Bertz CT molecular complexity index is 601. The topological polar surface area (TPSA) is 54.9 Å². The van der Waals surface area contributed by atoms with Crippen LogP contribution in [-0.4, -0.2) is 15.9 Å². The molecule has 0 unspecified atom stereocenters. The molecule has 100 valence electrons. The van der Waals surface area contributed by atoms with Gasteiger partial charge in [0.15, 0.2) is 0 Å². The van der Waals surface area contributed by atoms with Crippen LogP contribution in [0.2, 0.25) is 5.02 Å². The average Bonchev–Trinajstić information content (AvgIpc) is 2.83. The fourth-order valence-electron chi connectivity index (χ4n) is 1.23. The minimum absolute atomic E-state index is 0.227. The maximum absolute atomic E-state index is 12.6. The van der Waals surface area contributed by atoms with Crippen LogP contribution in [0.15, 0.2) is 24.0 Å². The molecular weight excluding hydrogens is 303 g/mol. The Kier molecular flexibility index (Phi) is 3.72. The van der Waals surface area contributed by atoms with Gasteiger partial charge in [-0.05, 0) is 6.07 Å². The van der Waals surface area contributed by atoms with Crippen LogP contribution in [0.5, 0.6) is 0 Å². The average molecular weight is 308 g/mol. The van der Waals surface area contributed by atoms with E-state index in [-0.39, 0.29) is 10.7 Å². The van der Waals surface area contributed by atoms with E-state index in [0.29, 0.717) is 6.07 Å². The number of nitrogens with zero attached hydrogens (tertiary/aromatic N) is 2. The van der Waals surface area contributed by atoms with Gasteiger partial charge in [0.2, 0.25) is 0 Å². The summed E-state index contributed by atoms with van der Waals surface area (Å²) in [6.45, 7) is 0. The second kappa shape index (κ2) is 5.14. The van der Waals surface area contributed by atoms with Gasteiger partial charge in [-0.2, -0.15) is 13.2 Å². The first-order valence-electron chi connectivity index (χ1n) is 4.80. The molecule has 1 amide bonds. The molecule has 0 saturated heterocycles. The molecule has 2 rings (SSSR count). The Morgan fingerprint density at radius 2 is 2.11 bits per heavy atom. The molecule has 2 aromatic rings. The van der Waals surface area contributed by atoms with Crippen molar-refractivity contribution in [1.29, 1.82) is 0 Å². The van der Waals surface area contributed by atoms with Crippen LogP contribution in [0.4, 0.5) is 19.0 Å². The van der Waals surface area contributed by atoms with Crippen molar-refractivity contribution in [2.24, 2.45) is 0 Å². The number of rotatable bonds is 2. The molecule has 0 saturated carbocycles. The summed E-state index contributed by atoms with van der Waals surface area (Å²) >= 11 is 6.48. The fourth-order valence-corrected chi connectivity index (χ4v) is 1.96. The van der Waals surface area contributed by atoms with E-state index in [2.05, 4.69) is 15.3 Å². The van der Waals surface area contributed by atoms with Gasteiger partial charge in [0.1, 0.15) is 10.7 Å². The van der Waals surface area contributed by atoms with Crippen LogP contribution in [0.25, 0.3) is 0 Å². The zero-order valence-electron chi connectivity index (χ0n) is 9.03. The quantitative estimate of drug-likeness (QED) is 0.924. The van der Waals surface area contributed by atoms with E-state index in [4.69, 9.17) is 11.6 Å². The highest BCUT2D eigenvalue weighted by atomic mass is 35.5. The van der Waals surface area contributed by atoms with E-state index in [1.54, 1.807) is 0 Å². The van der Waals surface area contributed by atoms with Crippen molar-refractivity contribution in [3.05, 3.63) is 39.4 Å². The number of alkyl halides is 3. The lowest BCUT2D eigenvalue weighted by molar-refractivity contribution is -0.137. The Morgan fingerprint density at radius 1 is 1.37 bits per heavy atom. The summed E-state index contributed by atoms with van der Waals surface area (Å²) in [7, 11) is 0. The number of halogens is 4. The minimum atomic E-state index is -4.61. The second-order valence-electron chi connectivity index (χ2n) is 3.37. The van der Waals surface area contributed by atoms with E-state index < -0.39 is 22.7 Å². The zero-order chi connectivity index (χ0) is 14.0. The maximum Gasteiger partial charge on any atom is 0.418 e. The van der Waals surface area contributed by atoms with Gasteiger partial charge in [0.05, 0.1) is 22.3 Å². The number of anilines is 1. The molecule has 0 spiro atoms. The predicted octanol–water partition coefficient (Wildman–Crippen LogP) is 3.46. The number of hydrogen-bond donors (Lipinski definition) is 1. The first kappa shape index (κ1) is 13.8. The lowest BCUT2D eigenvalue weighted by Crippen LogP contribution is -2.13.